The van der Waals surface area contributed by atoms with Crippen molar-refractivity contribution in [1.29, 1.82) is 0 Å². The van der Waals surface area contributed by atoms with E-state index in [1.807, 2.05) is 0 Å². The van der Waals surface area contributed by atoms with Crippen LogP contribution in [0.5, 0.6) is 0 Å². The summed E-state index contributed by atoms with van der Waals surface area (Å²) in [6, 6.07) is 5.93. The van der Waals surface area contributed by atoms with E-state index in [2.05, 4.69) is 5.16 Å². The maximum absolute atomic E-state index is 13.9. The Labute approximate surface area is 127 Å². The van der Waals surface area contributed by atoms with E-state index in [4.69, 9.17) is 4.52 Å². The number of aliphatic hydroxyl groups is 1. The number of hydrogen-bond donors (Lipinski definition) is 1. The molecule has 0 aliphatic carbocycles. The van der Waals surface area contributed by atoms with Gasteiger partial charge in [-0.25, -0.2) is 17.6 Å². The van der Waals surface area contributed by atoms with Crippen LogP contribution >= 0.6 is 0 Å². The molecule has 0 aliphatic heterocycles. The van der Waals surface area contributed by atoms with Gasteiger partial charge >= 0.3 is 0 Å². The number of aromatic nitrogens is 1. The first kappa shape index (κ1) is 15.2. The molecule has 0 radical (unpaired) electrons. The molecule has 0 bridgehead atoms. The number of rotatable bonds is 3. The molecule has 1 N–H and O–H groups in total. The summed E-state index contributed by atoms with van der Waals surface area (Å²) in [5.41, 5.74) is -0.915. The number of halogens is 4. The first-order valence-corrected chi connectivity index (χ1v) is 6.52. The van der Waals surface area contributed by atoms with Gasteiger partial charge in [-0.3, -0.25) is 0 Å². The molecule has 7 heteroatoms. The Kier molecular flexibility index (Phi) is 3.87. The van der Waals surface area contributed by atoms with Crippen molar-refractivity contribution in [3.63, 3.8) is 0 Å². The fourth-order valence-corrected chi connectivity index (χ4v) is 2.26. The van der Waals surface area contributed by atoms with E-state index in [0.717, 1.165) is 24.3 Å². The molecule has 0 saturated carbocycles. The van der Waals surface area contributed by atoms with Crippen molar-refractivity contribution in [3.05, 3.63) is 65.2 Å². The van der Waals surface area contributed by atoms with Gasteiger partial charge in [0.2, 0.25) is 0 Å². The Morgan fingerprint density at radius 2 is 1.65 bits per heavy atom. The highest BCUT2D eigenvalue weighted by molar-refractivity contribution is 5.73. The van der Waals surface area contributed by atoms with Gasteiger partial charge in [0.05, 0.1) is 17.7 Å². The Morgan fingerprint density at radius 3 is 2.26 bits per heavy atom. The average molecular weight is 323 g/mol. The fraction of sp³-hybridized carbons (Fsp3) is 0.0625. The van der Waals surface area contributed by atoms with Crippen LogP contribution in [-0.2, 0) is 6.61 Å². The summed E-state index contributed by atoms with van der Waals surface area (Å²) in [6.07, 6.45) is 0. The molecule has 0 spiro atoms. The average Bonchev–Trinajstić information content (AvgIpc) is 2.90. The van der Waals surface area contributed by atoms with Gasteiger partial charge in [0.25, 0.3) is 0 Å². The van der Waals surface area contributed by atoms with E-state index >= 15 is 0 Å². The van der Waals surface area contributed by atoms with Gasteiger partial charge in [0.1, 0.15) is 29.0 Å². The number of aliphatic hydroxyl groups excluding tert-OH is 1. The van der Waals surface area contributed by atoms with Gasteiger partial charge in [-0.05, 0) is 24.3 Å². The first-order chi connectivity index (χ1) is 11.0. The summed E-state index contributed by atoms with van der Waals surface area (Å²) in [4.78, 5) is 0. The fourth-order valence-electron chi connectivity index (χ4n) is 2.26. The largest absolute Gasteiger partial charge is 0.391 e. The Morgan fingerprint density at radius 1 is 0.957 bits per heavy atom. The second-order valence-corrected chi connectivity index (χ2v) is 4.72. The minimum Gasteiger partial charge on any atom is -0.391 e. The van der Waals surface area contributed by atoms with Gasteiger partial charge in [0, 0.05) is 11.6 Å². The first-order valence-electron chi connectivity index (χ1n) is 6.52. The second-order valence-electron chi connectivity index (χ2n) is 4.72. The van der Waals surface area contributed by atoms with E-state index < -0.39 is 35.4 Å². The van der Waals surface area contributed by atoms with E-state index in [-0.39, 0.29) is 22.6 Å². The van der Waals surface area contributed by atoms with Gasteiger partial charge < -0.3 is 9.63 Å². The SMILES string of the molecule is OCc1c(-c2ccc(F)cc2F)noc1-c1c(F)cccc1F. The van der Waals surface area contributed by atoms with Crippen LogP contribution in [-0.4, -0.2) is 10.3 Å². The summed E-state index contributed by atoms with van der Waals surface area (Å²) in [5.74, 6) is -3.90. The summed E-state index contributed by atoms with van der Waals surface area (Å²) in [6.45, 7) is -0.696. The summed E-state index contributed by atoms with van der Waals surface area (Å²) >= 11 is 0. The minimum atomic E-state index is -0.937. The van der Waals surface area contributed by atoms with Crippen LogP contribution < -0.4 is 0 Å². The van der Waals surface area contributed by atoms with Crippen molar-refractivity contribution in [2.45, 2.75) is 6.61 Å². The zero-order valence-electron chi connectivity index (χ0n) is 11.5. The van der Waals surface area contributed by atoms with Crippen molar-refractivity contribution >= 4 is 0 Å². The van der Waals surface area contributed by atoms with Gasteiger partial charge in [-0.1, -0.05) is 11.2 Å². The maximum Gasteiger partial charge on any atom is 0.178 e. The lowest BCUT2D eigenvalue weighted by atomic mass is 10.0. The van der Waals surface area contributed by atoms with E-state index in [0.29, 0.717) is 6.07 Å². The molecule has 1 aromatic heterocycles. The van der Waals surface area contributed by atoms with Crippen molar-refractivity contribution < 1.29 is 27.2 Å². The summed E-state index contributed by atoms with van der Waals surface area (Å²) in [7, 11) is 0. The summed E-state index contributed by atoms with van der Waals surface area (Å²) < 4.78 is 59.5. The smallest absolute Gasteiger partial charge is 0.178 e. The lowest BCUT2D eigenvalue weighted by molar-refractivity contribution is 0.281. The molecule has 0 aliphatic rings. The molecule has 3 rings (SSSR count). The van der Waals surface area contributed by atoms with Gasteiger partial charge in [-0.15, -0.1) is 0 Å². The van der Waals surface area contributed by atoms with Crippen LogP contribution in [0.15, 0.2) is 40.9 Å². The zero-order valence-corrected chi connectivity index (χ0v) is 11.5. The Bertz CT molecular complexity index is 856. The molecular weight excluding hydrogens is 314 g/mol. The molecule has 3 aromatic rings. The standard InChI is InChI=1S/C16H9F4NO2/c17-8-4-5-9(13(20)6-8)15-10(7-22)16(23-21-15)14-11(18)2-1-3-12(14)19/h1-6,22H,7H2. The quantitative estimate of drug-likeness (QED) is 0.740. The highest BCUT2D eigenvalue weighted by atomic mass is 19.1. The molecule has 0 atom stereocenters. The van der Waals surface area contributed by atoms with E-state index in [1.54, 1.807) is 0 Å². The van der Waals surface area contributed by atoms with Crippen LogP contribution in [0.1, 0.15) is 5.56 Å². The summed E-state index contributed by atoms with van der Waals surface area (Å²) in [5, 5.41) is 13.1. The van der Waals surface area contributed by atoms with Crippen molar-refractivity contribution in [3.8, 4) is 22.6 Å². The molecule has 3 nitrogen and oxygen atoms in total. The van der Waals surface area contributed by atoms with Crippen LogP contribution in [0, 0.1) is 23.3 Å². The van der Waals surface area contributed by atoms with Crippen LogP contribution in [0.2, 0.25) is 0 Å². The van der Waals surface area contributed by atoms with Crippen LogP contribution in [0.4, 0.5) is 17.6 Å². The predicted octanol–water partition coefficient (Wildman–Crippen LogP) is 4.06. The second kappa shape index (κ2) is 5.85. The van der Waals surface area contributed by atoms with Crippen molar-refractivity contribution in [1.82, 2.24) is 5.16 Å². The van der Waals surface area contributed by atoms with Gasteiger partial charge in [-0.2, -0.15) is 0 Å². The minimum absolute atomic E-state index is 0.0977. The van der Waals surface area contributed by atoms with Crippen LogP contribution in [0.3, 0.4) is 0 Å². The topological polar surface area (TPSA) is 46.3 Å². The highest BCUT2D eigenvalue weighted by Crippen LogP contribution is 2.35. The third kappa shape index (κ3) is 2.59. The lowest BCUT2D eigenvalue weighted by Gasteiger charge is -2.04. The van der Waals surface area contributed by atoms with Crippen LogP contribution in [0.25, 0.3) is 22.6 Å². The van der Waals surface area contributed by atoms with Crippen molar-refractivity contribution in [2.75, 3.05) is 0 Å². The predicted molar refractivity (Wildman–Crippen MR) is 73.1 cm³/mol. The third-order valence-corrected chi connectivity index (χ3v) is 3.32. The zero-order chi connectivity index (χ0) is 16.6. The third-order valence-electron chi connectivity index (χ3n) is 3.32. The molecule has 0 unspecified atom stereocenters. The molecule has 2 aromatic carbocycles. The van der Waals surface area contributed by atoms with E-state index in [9.17, 15) is 22.7 Å². The Balaban J connectivity index is 2.22. The number of hydrogen-bond acceptors (Lipinski definition) is 3. The van der Waals surface area contributed by atoms with E-state index in [1.165, 1.54) is 6.07 Å². The Hall–Kier alpha value is -2.67. The van der Waals surface area contributed by atoms with Gasteiger partial charge in [0.15, 0.2) is 5.76 Å². The molecular formula is C16H9F4NO2. The molecule has 23 heavy (non-hydrogen) atoms. The lowest BCUT2D eigenvalue weighted by Crippen LogP contribution is -1.95. The van der Waals surface area contributed by atoms with Crippen molar-refractivity contribution in [2.24, 2.45) is 0 Å². The monoisotopic (exact) mass is 323 g/mol. The molecule has 0 fully saturated rings. The normalized spacial score (nSPS) is 11.0. The molecule has 118 valence electrons. The number of benzene rings is 2. The highest BCUT2D eigenvalue weighted by Gasteiger charge is 2.25. The molecule has 0 saturated heterocycles. The molecule has 0 amide bonds. The maximum atomic E-state index is 13.9. The molecule has 1 heterocycles. The number of nitrogens with zero attached hydrogens (tertiary/aromatic N) is 1.